The monoisotopic (exact) mass is 309 g/mol. The standard InChI is InChI=1S/C15H16ClNO2S/c1-12-2-8-15(9-3-12)20(18,19)17-11-10-13-4-6-14(16)7-5-13/h2-9,17H,10-11H2,1H3. The van der Waals surface area contributed by atoms with Crippen molar-refractivity contribution < 1.29 is 8.42 Å². The number of hydrogen-bond donors (Lipinski definition) is 1. The van der Waals surface area contributed by atoms with E-state index in [1.165, 1.54) is 0 Å². The lowest BCUT2D eigenvalue weighted by Crippen LogP contribution is -2.25. The van der Waals surface area contributed by atoms with Gasteiger partial charge >= 0.3 is 0 Å². The quantitative estimate of drug-likeness (QED) is 0.922. The SMILES string of the molecule is Cc1ccc(S(=O)(=O)NCCc2ccc(Cl)cc2)cc1. The van der Waals surface area contributed by atoms with Gasteiger partial charge in [0, 0.05) is 11.6 Å². The van der Waals surface area contributed by atoms with Gasteiger partial charge in [-0.1, -0.05) is 41.4 Å². The molecular weight excluding hydrogens is 294 g/mol. The maximum absolute atomic E-state index is 12.1. The summed E-state index contributed by atoms with van der Waals surface area (Å²) in [6, 6.07) is 14.2. The largest absolute Gasteiger partial charge is 0.240 e. The second kappa shape index (κ2) is 6.39. The maximum Gasteiger partial charge on any atom is 0.240 e. The Balaban J connectivity index is 1.96. The highest BCUT2D eigenvalue weighted by atomic mass is 35.5. The Morgan fingerprint density at radius 1 is 1.00 bits per heavy atom. The van der Waals surface area contributed by atoms with Gasteiger partial charge in [-0.3, -0.25) is 0 Å². The van der Waals surface area contributed by atoms with Crippen LogP contribution in [0, 0.1) is 6.92 Å². The van der Waals surface area contributed by atoms with Gasteiger partial charge in [0.25, 0.3) is 0 Å². The van der Waals surface area contributed by atoms with Crippen molar-refractivity contribution in [3.8, 4) is 0 Å². The number of aryl methyl sites for hydroxylation is 1. The first-order valence-corrected chi connectivity index (χ1v) is 8.14. The number of nitrogens with one attached hydrogen (secondary N) is 1. The molecule has 1 N–H and O–H groups in total. The zero-order chi connectivity index (χ0) is 14.6. The molecule has 5 heteroatoms. The third-order valence-electron chi connectivity index (χ3n) is 2.95. The highest BCUT2D eigenvalue weighted by Gasteiger charge is 2.12. The van der Waals surface area contributed by atoms with E-state index in [1.54, 1.807) is 36.4 Å². The van der Waals surface area contributed by atoms with Gasteiger partial charge in [0.05, 0.1) is 4.90 Å². The van der Waals surface area contributed by atoms with E-state index >= 15 is 0 Å². The molecule has 0 saturated heterocycles. The first kappa shape index (κ1) is 15.0. The van der Waals surface area contributed by atoms with E-state index in [9.17, 15) is 8.42 Å². The summed E-state index contributed by atoms with van der Waals surface area (Å²) in [5.41, 5.74) is 2.08. The number of hydrogen-bond acceptors (Lipinski definition) is 2. The van der Waals surface area contributed by atoms with Crippen molar-refractivity contribution in [2.24, 2.45) is 0 Å². The van der Waals surface area contributed by atoms with Crippen LogP contribution in [0.4, 0.5) is 0 Å². The van der Waals surface area contributed by atoms with Crippen molar-refractivity contribution in [1.82, 2.24) is 4.72 Å². The van der Waals surface area contributed by atoms with Gasteiger partial charge in [-0.15, -0.1) is 0 Å². The lowest BCUT2D eigenvalue weighted by molar-refractivity contribution is 0.581. The summed E-state index contributed by atoms with van der Waals surface area (Å²) in [5.74, 6) is 0. The molecule has 0 saturated carbocycles. The average Bonchev–Trinajstić information content (AvgIpc) is 2.41. The number of benzene rings is 2. The van der Waals surface area contributed by atoms with Crippen LogP contribution in [0.1, 0.15) is 11.1 Å². The minimum Gasteiger partial charge on any atom is -0.211 e. The van der Waals surface area contributed by atoms with Crippen LogP contribution in [0.2, 0.25) is 5.02 Å². The van der Waals surface area contributed by atoms with Crippen LogP contribution < -0.4 is 4.72 Å². The molecule has 2 aromatic rings. The molecule has 0 heterocycles. The van der Waals surface area contributed by atoms with Crippen molar-refractivity contribution >= 4 is 21.6 Å². The maximum atomic E-state index is 12.1. The molecule has 3 nitrogen and oxygen atoms in total. The van der Waals surface area contributed by atoms with E-state index in [0.29, 0.717) is 22.9 Å². The fraction of sp³-hybridized carbons (Fsp3) is 0.200. The van der Waals surface area contributed by atoms with E-state index in [1.807, 2.05) is 19.1 Å². The van der Waals surface area contributed by atoms with Gasteiger partial charge in [-0.05, 0) is 43.2 Å². The van der Waals surface area contributed by atoms with Crippen LogP contribution in [0.25, 0.3) is 0 Å². The van der Waals surface area contributed by atoms with Gasteiger partial charge in [0.1, 0.15) is 0 Å². The Morgan fingerprint density at radius 2 is 1.60 bits per heavy atom. The summed E-state index contributed by atoms with van der Waals surface area (Å²) in [5, 5.41) is 0.675. The topological polar surface area (TPSA) is 46.2 Å². The fourth-order valence-electron chi connectivity index (χ4n) is 1.78. The summed E-state index contributed by atoms with van der Waals surface area (Å²) < 4.78 is 26.7. The van der Waals surface area contributed by atoms with Gasteiger partial charge < -0.3 is 0 Å². The zero-order valence-electron chi connectivity index (χ0n) is 11.1. The second-order valence-corrected chi connectivity index (χ2v) is 6.79. The minimum absolute atomic E-state index is 0.291. The Kier molecular flexibility index (Phi) is 4.81. The van der Waals surface area contributed by atoms with Gasteiger partial charge in [0.2, 0.25) is 10.0 Å². The Labute approximate surface area is 124 Å². The molecule has 0 radical (unpaired) electrons. The van der Waals surface area contributed by atoms with Crippen LogP contribution >= 0.6 is 11.6 Å². The predicted molar refractivity (Wildman–Crippen MR) is 81.5 cm³/mol. The fourth-order valence-corrected chi connectivity index (χ4v) is 2.94. The van der Waals surface area contributed by atoms with Crippen molar-refractivity contribution in [2.75, 3.05) is 6.54 Å². The molecule has 0 spiro atoms. The van der Waals surface area contributed by atoms with Crippen molar-refractivity contribution in [3.05, 3.63) is 64.7 Å². The van der Waals surface area contributed by atoms with Crippen molar-refractivity contribution in [1.29, 1.82) is 0 Å². The Hall–Kier alpha value is -1.36. The summed E-state index contributed by atoms with van der Waals surface area (Å²) in [6.07, 6.45) is 0.627. The van der Waals surface area contributed by atoms with E-state index < -0.39 is 10.0 Å². The van der Waals surface area contributed by atoms with E-state index in [-0.39, 0.29) is 0 Å². The Bertz CT molecular complexity index is 664. The van der Waals surface area contributed by atoms with Gasteiger partial charge in [-0.25, -0.2) is 13.1 Å². The first-order chi connectivity index (χ1) is 9.47. The molecule has 0 aromatic heterocycles. The second-order valence-electron chi connectivity index (χ2n) is 4.59. The van der Waals surface area contributed by atoms with E-state index in [2.05, 4.69) is 4.72 Å². The molecule has 0 fully saturated rings. The number of sulfonamides is 1. The van der Waals surface area contributed by atoms with Crippen LogP contribution in [-0.2, 0) is 16.4 Å². The zero-order valence-corrected chi connectivity index (χ0v) is 12.7. The molecule has 20 heavy (non-hydrogen) atoms. The van der Waals surface area contributed by atoms with Crippen molar-refractivity contribution in [3.63, 3.8) is 0 Å². The third-order valence-corrected chi connectivity index (χ3v) is 4.68. The van der Waals surface area contributed by atoms with Gasteiger partial charge in [-0.2, -0.15) is 0 Å². The number of halogens is 1. The molecule has 2 rings (SSSR count). The highest BCUT2D eigenvalue weighted by Crippen LogP contribution is 2.11. The number of rotatable bonds is 5. The van der Waals surface area contributed by atoms with Gasteiger partial charge in [0.15, 0.2) is 0 Å². The summed E-state index contributed by atoms with van der Waals surface area (Å²) >= 11 is 5.80. The summed E-state index contributed by atoms with van der Waals surface area (Å²) in [6.45, 7) is 2.28. The Morgan fingerprint density at radius 3 is 2.20 bits per heavy atom. The smallest absolute Gasteiger partial charge is 0.211 e. The first-order valence-electron chi connectivity index (χ1n) is 6.28. The third kappa shape index (κ3) is 4.07. The molecule has 0 amide bonds. The molecule has 0 aliphatic carbocycles. The predicted octanol–water partition coefficient (Wildman–Crippen LogP) is 3.17. The molecule has 0 atom stereocenters. The normalized spacial score (nSPS) is 11.5. The summed E-state index contributed by atoms with van der Waals surface area (Å²) in [7, 11) is -3.43. The van der Waals surface area contributed by atoms with Crippen LogP contribution in [-0.4, -0.2) is 15.0 Å². The molecule has 2 aromatic carbocycles. The molecule has 0 aliphatic rings. The highest BCUT2D eigenvalue weighted by molar-refractivity contribution is 7.89. The van der Waals surface area contributed by atoms with E-state index in [4.69, 9.17) is 11.6 Å². The lowest BCUT2D eigenvalue weighted by Gasteiger charge is -2.07. The molecule has 0 aliphatic heterocycles. The summed E-state index contributed by atoms with van der Waals surface area (Å²) in [4.78, 5) is 0.291. The average molecular weight is 310 g/mol. The van der Waals surface area contributed by atoms with Crippen LogP contribution in [0.15, 0.2) is 53.4 Å². The lowest BCUT2D eigenvalue weighted by atomic mass is 10.2. The molecule has 0 unspecified atom stereocenters. The molecular formula is C15H16ClNO2S. The van der Waals surface area contributed by atoms with Crippen LogP contribution in [0.3, 0.4) is 0 Å². The minimum atomic E-state index is -3.43. The van der Waals surface area contributed by atoms with Crippen LogP contribution in [0.5, 0.6) is 0 Å². The molecule has 106 valence electrons. The van der Waals surface area contributed by atoms with E-state index in [0.717, 1.165) is 11.1 Å². The molecule has 0 bridgehead atoms. The van der Waals surface area contributed by atoms with Crippen molar-refractivity contribution in [2.45, 2.75) is 18.2 Å².